The van der Waals surface area contributed by atoms with Gasteiger partial charge in [0, 0.05) is 25.1 Å². The number of hydrogen-bond acceptors (Lipinski definition) is 1. The summed E-state index contributed by atoms with van der Waals surface area (Å²) in [6.07, 6.45) is 0.906. The fourth-order valence-electron chi connectivity index (χ4n) is 3.69. The van der Waals surface area contributed by atoms with Crippen molar-refractivity contribution in [3.05, 3.63) is 80.8 Å². The molecular weight excluding hydrogens is 389 g/mol. The van der Waals surface area contributed by atoms with E-state index >= 15 is 0 Å². The van der Waals surface area contributed by atoms with E-state index in [2.05, 4.69) is 26.8 Å². The van der Waals surface area contributed by atoms with E-state index in [-0.39, 0.29) is 11.8 Å². The maximum atomic E-state index is 13.3. The molecule has 0 saturated heterocycles. The highest BCUT2D eigenvalue weighted by molar-refractivity contribution is 6.42. The lowest BCUT2D eigenvalue weighted by molar-refractivity contribution is 0.0787. The molecule has 4 heteroatoms. The van der Waals surface area contributed by atoms with Gasteiger partial charge in [0.2, 0.25) is 0 Å². The van der Waals surface area contributed by atoms with E-state index in [0.29, 0.717) is 16.6 Å². The van der Waals surface area contributed by atoms with Gasteiger partial charge in [-0.3, -0.25) is 4.79 Å². The molecule has 2 nitrogen and oxygen atoms in total. The fourth-order valence-corrected chi connectivity index (χ4v) is 4.00. The lowest BCUT2D eigenvalue weighted by atomic mass is 9.94. The molecular formula is C24H25Cl2NO. The first kappa shape index (κ1) is 20.7. The molecule has 0 spiro atoms. The van der Waals surface area contributed by atoms with Gasteiger partial charge in [0.05, 0.1) is 10.0 Å². The lowest BCUT2D eigenvalue weighted by Gasteiger charge is -2.25. The van der Waals surface area contributed by atoms with E-state index in [1.165, 1.54) is 5.56 Å². The van der Waals surface area contributed by atoms with Gasteiger partial charge < -0.3 is 4.90 Å². The largest absolute Gasteiger partial charge is 0.341 e. The lowest BCUT2D eigenvalue weighted by Crippen LogP contribution is -2.31. The Balaban J connectivity index is 1.91. The van der Waals surface area contributed by atoms with Gasteiger partial charge in [0.25, 0.3) is 5.91 Å². The fraction of sp³-hybridized carbons (Fsp3) is 0.292. The molecule has 0 heterocycles. The Hall–Kier alpha value is -2.03. The normalized spacial score (nSPS) is 12.2. The van der Waals surface area contributed by atoms with Crippen molar-refractivity contribution in [2.75, 3.05) is 13.6 Å². The van der Waals surface area contributed by atoms with Gasteiger partial charge in [0.15, 0.2) is 0 Å². The van der Waals surface area contributed by atoms with Crippen LogP contribution in [-0.2, 0) is 0 Å². The van der Waals surface area contributed by atoms with Gasteiger partial charge in [-0.2, -0.15) is 0 Å². The number of carbonyl (C=O) groups excluding carboxylic acids is 1. The Kier molecular flexibility index (Phi) is 6.32. The Morgan fingerprint density at radius 3 is 2.32 bits per heavy atom. The number of benzene rings is 3. The van der Waals surface area contributed by atoms with Gasteiger partial charge in [0.1, 0.15) is 0 Å². The molecule has 28 heavy (non-hydrogen) atoms. The topological polar surface area (TPSA) is 20.3 Å². The molecule has 1 unspecified atom stereocenters. The highest BCUT2D eigenvalue weighted by atomic mass is 35.5. The maximum Gasteiger partial charge on any atom is 0.254 e. The molecule has 0 saturated carbocycles. The quantitative estimate of drug-likeness (QED) is 0.439. The van der Waals surface area contributed by atoms with E-state index < -0.39 is 0 Å². The molecule has 0 N–H and O–H groups in total. The van der Waals surface area contributed by atoms with Crippen LogP contribution in [0.2, 0.25) is 10.0 Å². The highest BCUT2D eigenvalue weighted by Crippen LogP contribution is 2.30. The Morgan fingerprint density at radius 2 is 1.68 bits per heavy atom. The minimum absolute atomic E-state index is 0.0396. The molecule has 0 aliphatic rings. The summed E-state index contributed by atoms with van der Waals surface area (Å²) in [6, 6.07) is 15.8. The number of fused-ring (bicyclic) bond motifs is 1. The summed E-state index contributed by atoms with van der Waals surface area (Å²) in [4.78, 5) is 15.1. The summed E-state index contributed by atoms with van der Waals surface area (Å²) >= 11 is 12.2. The predicted molar refractivity (Wildman–Crippen MR) is 120 cm³/mol. The van der Waals surface area contributed by atoms with Crippen LogP contribution in [0, 0.1) is 13.8 Å². The van der Waals surface area contributed by atoms with Crippen LogP contribution in [0.25, 0.3) is 10.8 Å². The molecule has 146 valence electrons. The van der Waals surface area contributed by atoms with Gasteiger partial charge >= 0.3 is 0 Å². The second kappa shape index (κ2) is 8.55. The van der Waals surface area contributed by atoms with E-state index in [1.807, 2.05) is 54.4 Å². The monoisotopic (exact) mass is 413 g/mol. The summed E-state index contributed by atoms with van der Waals surface area (Å²) in [5.41, 5.74) is 4.20. The van der Waals surface area contributed by atoms with Crippen molar-refractivity contribution in [1.29, 1.82) is 0 Å². The summed E-state index contributed by atoms with van der Waals surface area (Å²) in [7, 11) is 1.87. The Labute approximate surface area is 177 Å². The third-order valence-corrected chi connectivity index (χ3v) is 6.29. The van der Waals surface area contributed by atoms with Crippen molar-refractivity contribution in [2.24, 2.45) is 0 Å². The van der Waals surface area contributed by atoms with Crippen molar-refractivity contribution in [2.45, 2.75) is 33.1 Å². The molecule has 3 rings (SSSR count). The third-order valence-electron chi connectivity index (χ3n) is 5.55. The van der Waals surface area contributed by atoms with Gasteiger partial charge in [-0.15, -0.1) is 0 Å². The van der Waals surface area contributed by atoms with E-state index in [1.54, 1.807) is 0 Å². The summed E-state index contributed by atoms with van der Waals surface area (Å²) in [5, 5.41) is 3.24. The molecule has 0 aliphatic carbocycles. The van der Waals surface area contributed by atoms with Crippen LogP contribution in [0.3, 0.4) is 0 Å². The zero-order chi connectivity index (χ0) is 20.4. The Bertz CT molecular complexity index is 1030. The summed E-state index contributed by atoms with van der Waals surface area (Å²) in [5.74, 6) is 0.235. The second-order valence-electron chi connectivity index (χ2n) is 7.38. The van der Waals surface area contributed by atoms with Crippen LogP contribution < -0.4 is 0 Å². The summed E-state index contributed by atoms with van der Waals surface area (Å²) in [6.45, 7) is 6.90. The number of halogens is 2. The number of carbonyl (C=O) groups is 1. The number of likely N-dealkylation sites (N-methyl/N-ethyl adjacent to an activating group) is 1. The summed E-state index contributed by atoms with van der Waals surface area (Å²) < 4.78 is 0. The zero-order valence-electron chi connectivity index (χ0n) is 16.7. The van der Waals surface area contributed by atoms with Crippen molar-refractivity contribution >= 4 is 39.9 Å². The first-order valence-electron chi connectivity index (χ1n) is 9.52. The van der Waals surface area contributed by atoms with Crippen molar-refractivity contribution in [1.82, 2.24) is 4.90 Å². The van der Waals surface area contributed by atoms with Crippen LogP contribution in [0.1, 0.15) is 46.3 Å². The number of hydrogen-bond donors (Lipinski definition) is 0. The smallest absolute Gasteiger partial charge is 0.254 e. The molecule has 0 aromatic heterocycles. The number of rotatable bonds is 5. The molecule has 0 bridgehead atoms. The van der Waals surface area contributed by atoms with Gasteiger partial charge in [-0.25, -0.2) is 0 Å². The maximum absolute atomic E-state index is 13.3. The number of nitrogens with zero attached hydrogens (tertiary/aromatic N) is 1. The molecule has 0 radical (unpaired) electrons. The molecule has 0 fully saturated rings. The first-order valence-corrected chi connectivity index (χ1v) is 10.3. The molecule has 3 aromatic rings. The van der Waals surface area contributed by atoms with Crippen molar-refractivity contribution in [3.8, 4) is 0 Å². The average molecular weight is 414 g/mol. The first-order chi connectivity index (χ1) is 13.3. The van der Waals surface area contributed by atoms with Gasteiger partial charge in [-0.1, -0.05) is 60.5 Å². The van der Waals surface area contributed by atoms with E-state index in [9.17, 15) is 4.79 Å². The minimum atomic E-state index is 0.0396. The second-order valence-corrected chi connectivity index (χ2v) is 8.19. The van der Waals surface area contributed by atoms with Gasteiger partial charge in [-0.05, 0) is 65.9 Å². The molecule has 1 amide bonds. The van der Waals surface area contributed by atoms with Crippen molar-refractivity contribution in [3.63, 3.8) is 0 Å². The van der Waals surface area contributed by atoms with Crippen LogP contribution in [0.15, 0.2) is 48.5 Å². The Morgan fingerprint density at radius 1 is 1.00 bits per heavy atom. The molecule has 0 aliphatic heterocycles. The predicted octanol–water partition coefficient (Wildman–Crippen LogP) is 7.03. The number of amides is 1. The third kappa shape index (κ3) is 4.04. The van der Waals surface area contributed by atoms with Crippen molar-refractivity contribution < 1.29 is 4.79 Å². The van der Waals surface area contributed by atoms with Crippen LogP contribution in [0.4, 0.5) is 0 Å². The standard InChI is InChI=1S/C24H25Cl2NO/c1-5-17(18-10-11-22(25)23(26)13-18)14-27(4)24(28)21-12-15(2)16(3)19-8-6-7-9-20(19)21/h6-13,17H,5,14H2,1-4H3. The highest BCUT2D eigenvalue weighted by Gasteiger charge is 2.20. The van der Waals surface area contributed by atoms with Crippen LogP contribution in [0.5, 0.6) is 0 Å². The number of aryl methyl sites for hydroxylation is 2. The van der Waals surface area contributed by atoms with E-state index in [4.69, 9.17) is 23.2 Å². The van der Waals surface area contributed by atoms with Crippen LogP contribution >= 0.6 is 23.2 Å². The SMILES string of the molecule is CCC(CN(C)C(=O)c1cc(C)c(C)c2ccccc12)c1ccc(Cl)c(Cl)c1. The average Bonchev–Trinajstić information content (AvgIpc) is 2.70. The molecule has 3 aromatic carbocycles. The van der Waals surface area contributed by atoms with Crippen LogP contribution in [-0.4, -0.2) is 24.4 Å². The zero-order valence-corrected chi connectivity index (χ0v) is 18.2. The minimum Gasteiger partial charge on any atom is -0.341 e. The molecule has 1 atom stereocenters. The van der Waals surface area contributed by atoms with E-state index in [0.717, 1.165) is 33.9 Å².